The molecular formula is C10H16O3. The van der Waals surface area contributed by atoms with Gasteiger partial charge in [-0.3, -0.25) is 4.79 Å². The summed E-state index contributed by atoms with van der Waals surface area (Å²) in [6.07, 6.45) is 0. The Morgan fingerprint density at radius 1 is 1.38 bits per heavy atom. The number of hydrogen-bond acceptors (Lipinski definition) is 3. The number of hydrogen-bond donors (Lipinski definition) is 0. The highest BCUT2D eigenvalue weighted by Crippen LogP contribution is 2.36. The highest BCUT2D eigenvalue weighted by molar-refractivity contribution is 5.92. The van der Waals surface area contributed by atoms with Crippen LogP contribution in [0.4, 0.5) is 0 Å². The van der Waals surface area contributed by atoms with Crippen molar-refractivity contribution in [2.24, 2.45) is 5.92 Å². The molecular weight excluding hydrogens is 168 g/mol. The van der Waals surface area contributed by atoms with Gasteiger partial charge in [-0.1, -0.05) is 13.8 Å². The first-order chi connectivity index (χ1) is 5.87. The van der Waals surface area contributed by atoms with Gasteiger partial charge in [-0.25, -0.2) is 0 Å². The van der Waals surface area contributed by atoms with E-state index in [0.717, 1.165) is 0 Å². The highest BCUT2D eigenvalue weighted by atomic mass is 16.7. The third-order valence-electron chi connectivity index (χ3n) is 2.35. The number of carbonyl (C=O) groups excluding carboxylic acids is 1. The van der Waals surface area contributed by atoms with Crippen molar-refractivity contribution in [2.45, 2.75) is 40.4 Å². The van der Waals surface area contributed by atoms with E-state index in [9.17, 15) is 4.79 Å². The van der Waals surface area contributed by atoms with Crippen LogP contribution in [0.5, 0.6) is 0 Å². The predicted molar refractivity (Wildman–Crippen MR) is 48.8 cm³/mol. The van der Waals surface area contributed by atoms with E-state index in [1.54, 1.807) is 6.92 Å². The van der Waals surface area contributed by atoms with Crippen molar-refractivity contribution < 1.29 is 14.3 Å². The van der Waals surface area contributed by atoms with Gasteiger partial charge in [-0.2, -0.15) is 0 Å². The average molecular weight is 184 g/mol. The number of ketones is 1. The van der Waals surface area contributed by atoms with Gasteiger partial charge in [-0.05, 0) is 6.92 Å². The summed E-state index contributed by atoms with van der Waals surface area (Å²) in [5, 5.41) is 0. The second kappa shape index (κ2) is 3.05. The van der Waals surface area contributed by atoms with Crippen molar-refractivity contribution in [1.29, 1.82) is 0 Å². The molecule has 1 unspecified atom stereocenters. The van der Waals surface area contributed by atoms with Crippen molar-refractivity contribution in [1.82, 2.24) is 0 Å². The topological polar surface area (TPSA) is 35.5 Å². The van der Waals surface area contributed by atoms with Gasteiger partial charge in [0.25, 0.3) is 5.79 Å². The van der Waals surface area contributed by atoms with Crippen LogP contribution in [0, 0.1) is 5.92 Å². The maximum absolute atomic E-state index is 11.1. The zero-order valence-electron chi connectivity index (χ0n) is 8.80. The molecule has 1 rings (SSSR count). The minimum absolute atomic E-state index is 0.0816. The van der Waals surface area contributed by atoms with Gasteiger partial charge >= 0.3 is 0 Å². The molecule has 0 aromatic heterocycles. The Morgan fingerprint density at radius 3 is 2.15 bits per heavy atom. The molecule has 1 aliphatic rings. The van der Waals surface area contributed by atoms with Gasteiger partial charge in [0.15, 0.2) is 5.78 Å². The molecule has 1 atom stereocenters. The first kappa shape index (κ1) is 10.1. The lowest BCUT2D eigenvalue weighted by molar-refractivity contribution is -0.172. The Hall–Kier alpha value is -0.990. The summed E-state index contributed by atoms with van der Waals surface area (Å²) in [6.45, 7) is 9.07. The third-order valence-corrected chi connectivity index (χ3v) is 2.35. The van der Waals surface area contributed by atoms with Crippen LogP contribution in [-0.4, -0.2) is 11.6 Å². The van der Waals surface area contributed by atoms with E-state index in [2.05, 4.69) is 0 Å². The zero-order valence-corrected chi connectivity index (χ0v) is 8.80. The Bertz CT molecular complexity index is 265. The number of carbonyl (C=O) groups is 1. The molecule has 0 aromatic carbocycles. The molecule has 1 heterocycles. The molecule has 0 aromatic rings. The van der Waals surface area contributed by atoms with E-state index in [0.29, 0.717) is 11.5 Å². The van der Waals surface area contributed by atoms with Crippen LogP contribution in [0.15, 0.2) is 11.5 Å². The van der Waals surface area contributed by atoms with E-state index in [1.807, 2.05) is 20.8 Å². The Balaban J connectivity index is 2.85. The molecule has 0 fully saturated rings. The van der Waals surface area contributed by atoms with Crippen molar-refractivity contribution in [3.05, 3.63) is 11.5 Å². The standard InChI is InChI=1S/C10H16O3/c1-6(2)10(5)12-8(4)9(13-10)7(3)11/h6H,1-5H3. The molecule has 0 bridgehead atoms. The molecule has 0 radical (unpaired) electrons. The molecule has 0 saturated carbocycles. The van der Waals surface area contributed by atoms with E-state index in [1.165, 1.54) is 6.92 Å². The Morgan fingerprint density at radius 2 is 1.92 bits per heavy atom. The first-order valence-electron chi connectivity index (χ1n) is 4.46. The molecule has 0 N–H and O–H groups in total. The molecule has 3 heteroatoms. The van der Waals surface area contributed by atoms with Gasteiger partial charge in [0.2, 0.25) is 5.76 Å². The summed E-state index contributed by atoms with van der Waals surface area (Å²) in [5.41, 5.74) is 0. The minimum atomic E-state index is -0.676. The van der Waals surface area contributed by atoms with E-state index < -0.39 is 5.79 Å². The maximum Gasteiger partial charge on any atom is 0.250 e. The average Bonchev–Trinajstić information content (AvgIpc) is 2.28. The van der Waals surface area contributed by atoms with E-state index >= 15 is 0 Å². The summed E-state index contributed by atoms with van der Waals surface area (Å²) >= 11 is 0. The first-order valence-corrected chi connectivity index (χ1v) is 4.46. The monoisotopic (exact) mass is 184 g/mol. The molecule has 0 amide bonds. The molecule has 13 heavy (non-hydrogen) atoms. The van der Waals surface area contributed by atoms with E-state index in [-0.39, 0.29) is 11.7 Å². The van der Waals surface area contributed by atoms with Crippen molar-refractivity contribution in [3.63, 3.8) is 0 Å². The number of ether oxygens (including phenoxy) is 2. The second-order valence-electron chi connectivity index (χ2n) is 3.82. The van der Waals surface area contributed by atoms with Gasteiger partial charge < -0.3 is 9.47 Å². The van der Waals surface area contributed by atoms with Gasteiger partial charge in [0.1, 0.15) is 5.76 Å². The summed E-state index contributed by atoms with van der Waals surface area (Å²) in [7, 11) is 0. The lowest BCUT2D eigenvalue weighted by atomic mass is 10.1. The van der Waals surface area contributed by atoms with Crippen molar-refractivity contribution in [2.75, 3.05) is 0 Å². The second-order valence-corrected chi connectivity index (χ2v) is 3.82. The fourth-order valence-electron chi connectivity index (χ4n) is 1.20. The smallest absolute Gasteiger partial charge is 0.250 e. The SMILES string of the molecule is CC(=O)C1=C(C)OC(C)(C(C)C)O1. The quantitative estimate of drug-likeness (QED) is 0.660. The van der Waals surface area contributed by atoms with Crippen molar-refractivity contribution >= 4 is 5.78 Å². The number of Topliss-reactive ketones (excluding diaryl/α,β-unsaturated/α-hetero) is 1. The maximum atomic E-state index is 11.1. The Kier molecular flexibility index (Phi) is 2.37. The van der Waals surface area contributed by atoms with Crippen LogP contribution < -0.4 is 0 Å². The molecule has 0 saturated heterocycles. The molecule has 0 spiro atoms. The molecule has 1 aliphatic heterocycles. The van der Waals surface area contributed by atoms with Gasteiger partial charge in [-0.15, -0.1) is 0 Å². The van der Waals surface area contributed by atoms with Crippen molar-refractivity contribution in [3.8, 4) is 0 Å². The normalized spacial score (nSPS) is 27.5. The minimum Gasteiger partial charge on any atom is -0.453 e. The number of rotatable bonds is 2. The highest BCUT2D eigenvalue weighted by Gasteiger charge is 2.41. The fraction of sp³-hybridized carbons (Fsp3) is 0.700. The van der Waals surface area contributed by atoms with Crippen LogP contribution in [0.3, 0.4) is 0 Å². The van der Waals surface area contributed by atoms with Gasteiger partial charge in [0, 0.05) is 19.8 Å². The molecule has 0 aliphatic carbocycles. The van der Waals surface area contributed by atoms with Crippen LogP contribution in [0.1, 0.15) is 34.6 Å². The lowest BCUT2D eigenvalue weighted by Crippen LogP contribution is -2.33. The third kappa shape index (κ3) is 1.69. The van der Waals surface area contributed by atoms with E-state index in [4.69, 9.17) is 9.47 Å². The van der Waals surface area contributed by atoms with Crippen LogP contribution in [0.2, 0.25) is 0 Å². The Labute approximate surface area is 78.7 Å². The van der Waals surface area contributed by atoms with Crippen LogP contribution >= 0.6 is 0 Å². The zero-order chi connectivity index (χ0) is 10.2. The predicted octanol–water partition coefficient (Wildman–Crippen LogP) is 2.23. The van der Waals surface area contributed by atoms with Crippen LogP contribution in [-0.2, 0) is 14.3 Å². The lowest BCUT2D eigenvalue weighted by Gasteiger charge is -2.27. The van der Waals surface area contributed by atoms with Crippen LogP contribution in [0.25, 0.3) is 0 Å². The summed E-state index contributed by atoms with van der Waals surface area (Å²) < 4.78 is 11.0. The summed E-state index contributed by atoms with van der Waals surface area (Å²) in [5.74, 6) is 0.395. The summed E-state index contributed by atoms with van der Waals surface area (Å²) in [6, 6.07) is 0. The fourth-order valence-corrected chi connectivity index (χ4v) is 1.20. The number of allylic oxidation sites excluding steroid dienone is 2. The largest absolute Gasteiger partial charge is 0.453 e. The summed E-state index contributed by atoms with van der Waals surface area (Å²) in [4.78, 5) is 11.1. The molecule has 3 nitrogen and oxygen atoms in total. The van der Waals surface area contributed by atoms with Gasteiger partial charge in [0.05, 0.1) is 0 Å². The molecule has 74 valence electrons.